The van der Waals surface area contributed by atoms with Gasteiger partial charge in [0, 0.05) is 18.5 Å². The van der Waals surface area contributed by atoms with Gasteiger partial charge in [-0.05, 0) is 42.0 Å². The summed E-state index contributed by atoms with van der Waals surface area (Å²) in [7, 11) is 0. The molecule has 1 aliphatic heterocycles. The van der Waals surface area contributed by atoms with E-state index in [0.29, 0.717) is 30.9 Å². The molecule has 35 heavy (non-hydrogen) atoms. The van der Waals surface area contributed by atoms with Crippen molar-refractivity contribution in [1.82, 2.24) is 10.3 Å². The third-order valence-electron chi connectivity index (χ3n) is 5.35. The van der Waals surface area contributed by atoms with E-state index in [1.807, 2.05) is 12.1 Å². The zero-order valence-electron chi connectivity index (χ0n) is 18.6. The fraction of sp³-hybridized carbons (Fsp3) is 0.240. The van der Waals surface area contributed by atoms with E-state index in [4.69, 9.17) is 21.1 Å². The molecule has 0 fully saturated rings. The molecular weight excluding hydrogens is 477 g/mol. The van der Waals surface area contributed by atoms with Crippen LogP contribution < -0.4 is 20.1 Å². The largest absolute Gasteiger partial charge is 0.493 e. The molecule has 0 saturated heterocycles. The Kier molecular flexibility index (Phi) is 7.67. The number of carboxylic acids is 1. The van der Waals surface area contributed by atoms with Gasteiger partial charge in [-0.15, -0.1) is 0 Å². The maximum absolute atomic E-state index is 14.0. The Bertz CT molecular complexity index is 1200. The fourth-order valence-corrected chi connectivity index (χ4v) is 3.82. The van der Waals surface area contributed by atoms with E-state index in [-0.39, 0.29) is 17.0 Å². The van der Waals surface area contributed by atoms with Crippen LogP contribution in [0.5, 0.6) is 11.5 Å². The van der Waals surface area contributed by atoms with Crippen molar-refractivity contribution >= 4 is 29.3 Å². The average molecular weight is 500 g/mol. The first-order valence-electron chi connectivity index (χ1n) is 11.0. The zero-order valence-corrected chi connectivity index (χ0v) is 19.3. The van der Waals surface area contributed by atoms with E-state index in [2.05, 4.69) is 15.6 Å². The van der Waals surface area contributed by atoms with Crippen LogP contribution in [0, 0.1) is 5.82 Å². The van der Waals surface area contributed by atoms with Crippen molar-refractivity contribution in [2.24, 2.45) is 0 Å². The predicted molar refractivity (Wildman–Crippen MR) is 128 cm³/mol. The topological polar surface area (TPSA) is 110 Å². The molecule has 8 nitrogen and oxygen atoms in total. The van der Waals surface area contributed by atoms with Crippen LogP contribution in [-0.2, 0) is 17.6 Å². The summed E-state index contributed by atoms with van der Waals surface area (Å²) in [5.74, 6) is -0.876. The molecule has 1 amide bonds. The van der Waals surface area contributed by atoms with Crippen molar-refractivity contribution in [3.8, 4) is 11.5 Å². The predicted octanol–water partition coefficient (Wildman–Crippen LogP) is 3.73. The van der Waals surface area contributed by atoms with Gasteiger partial charge in [0.2, 0.25) is 0 Å². The highest BCUT2D eigenvalue weighted by molar-refractivity contribution is 6.33. The molecule has 2 heterocycles. The second-order valence-corrected chi connectivity index (χ2v) is 8.24. The first kappa shape index (κ1) is 24.3. The lowest BCUT2D eigenvalue weighted by atomic mass is 10.0. The van der Waals surface area contributed by atoms with Crippen molar-refractivity contribution in [1.29, 1.82) is 0 Å². The van der Waals surface area contributed by atoms with Crippen molar-refractivity contribution in [3.05, 3.63) is 82.3 Å². The number of pyridine rings is 1. The molecule has 0 bridgehead atoms. The number of aromatic nitrogens is 1. The minimum atomic E-state index is -1.27. The van der Waals surface area contributed by atoms with Crippen molar-refractivity contribution in [2.45, 2.75) is 18.9 Å². The van der Waals surface area contributed by atoms with Crippen LogP contribution in [-0.4, -0.2) is 47.8 Å². The summed E-state index contributed by atoms with van der Waals surface area (Å²) >= 11 is 5.90. The molecule has 0 saturated carbocycles. The van der Waals surface area contributed by atoms with Crippen LogP contribution in [0.2, 0.25) is 5.02 Å². The molecule has 0 unspecified atom stereocenters. The summed E-state index contributed by atoms with van der Waals surface area (Å²) in [5, 5.41) is 15.0. The van der Waals surface area contributed by atoms with Gasteiger partial charge in [0.15, 0.2) is 11.6 Å². The van der Waals surface area contributed by atoms with Gasteiger partial charge in [0.1, 0.15) is 24.2 Å². The number of halogens is 2. The number of nitrogens with zero attached hydrogens (tertiary/aromatic N) is 1. The second-order valence-electron chi connectivity index (χ2n) is 7.83. The van der Waals surface area contributed by atoms with Crippen LogP contribution in [0.3, 0.4) is 0 Å². The molecule has 1 aromatic heterocycles. The number of carbonyl (C=O) groups excluding carboxylic acids is 1. The lowest BCUT2D eigenvalue weighted by Gasteiger charge is -2.18. The SMILES string of the molecule is O=C(N[C@@H](Cc1ccc(OCCc2ccc3c(n2)NCCO3)cc1)C(=O)O)c1c(F)cccc1Cl. The molecule has 0 aliphatic carbocycles. The van der Waals surface area contributed by atoms with E-state index in [1.54, 1.807) is 24.3 Å². The zero-order chi connectivity index (χ0) is 24.8. The summed E-state index contributed by atoms with van der Waals surface area (Å²) in [6.07, 6.45) is 0.601. The van der Waals surface area contributed by atoms with Crippen LogP contribution in [0.1, 0.15) is 21.6 Å². The van der Waals surface area contributed by atoms with Gasteiger partial charge in [-0.25, -0.2) is 14.2 Å². The number of hydrogen-bond donors (Lipinski definition) is 3. The Morgan fingerprint density at radius 1 is 1.20 bits per heavy atom. The summed E-state index contributed by atoms with van der Waals surface area (Å²) in [5.41, 5.74) is 1.14. The standard InChI is InChI=1S/C25H23ClFN3O5/c26-18-2-1-3-19(27)22(18)24(31)30-20(25(32)33)14-15-4-7-17(8-5-15)34-12-10-16-6-9-21-23(29-16)28-11-13-35-21/h1-9,20H,10-14H2,(H,28,29)(H,30,31)(H,32,33)/t20-/m0/s1. The monoisotopic (exact) mass is 499 g/mol. The van der Waals surface area contributed by atoms with Crippen molar-refractivity contribution in [3.63, 3.8) is 0 Å². The van der Waals surface area contributed by atoms with Gasteiger partial charge in [0.05, 0.1) is 23.7 Å². The number of fused-ring (bicyclic) bond motifs is 1. The number of nitrogens with one attached hydrogen (secondary N) is 2. The molecule has 2 aromatic carbocycles. The van der Waals surface area contributed by atoms with E-state index in [9.17, 15) is 19.1 Å². The van der Waals surface area contributed by atoms with Crippen molar-refractivity contribution < 1.29 is 28.6 Å². The normalized spacial score (nSPS) is 13.1. The number of benzene rings is 2. The fourth-order valence-electron chi connectivity index (χ4n) is 3.58. The highest BCUT2D eigenvalue weighted by Crippen LogP contribution is 2.25. The number of rotatable bonds is 9. The second kappa shape index (κ2) is 11.1. The lowest BCUT2D eigenvalue weighted by Crippen LogP contribution is -2.42. The maximum Gasteiger partial charge on any atom is 0.326 e. The number of ether oxygens (including phenoxy) is 2. The Labute approximate surface area is 206 Å². The summed E-state index contributed by atoms with van der Waals surface area (Å²) < 4.78 is 25.3. The molecule has 3 N–H and O–H groups in total. The van der Waals surface area contributed by atoms with E-state index in [0.717, 1.165) is 29.9 Å². The first-order valence-corrected chi connectivity index (χ1v) is 11.3. The van der Waals surface area contributed by atoms with Crippen LogP contribution in [0.4, 0.5) is 10.2 Å². The average Bonchev–Trinajstić information content (AvgIpc) is 2.84. The molecule has 182 valence electrons. The molecule has 3 aromatic rings. The van der Waals surface area contributed by atoms with Crippen LogP contribution in [0.25, 0.3) is 0 Å². The molecule has 0 spiro atoms. The quantitative estimate of drug-likeness (QED) is 0.411. The van der Waals surface area contributed by atoms with Gasteiger partial charge in [-0.3, -0.25) is 4.79 Å². The first-order chi connectivity index (χ1) is 16.9. The summed E-state index contributed by atoms with van der Waals surface area (Å²) in [4.78, 5) is 28.6. The number of carbonyl (C=O) groups is 2. The Hall–Kier alpha value is -3.85. The van der Waals surface area contributed by atoms with Gasteiger partial charge in [0.25, 0.3) is 5.91 Å². The van der Waals surface area contributed by atoms with Gasteiger partial charge in [-0.2, -0.15) is 0 Å². The highest BCUT2D eigenvalue weighted by Gasteiger charge is 2.24. The Morgan fingerprint density at radius 3 is 2.74 bits per heavy atom. The van der Waals surface area contributed by atoms with E-state index in [1.165, 1.54) is 12.1 Å². The van der Waals surface area contributed by atoms with Gasteiger partial charge in [-0.1, -0.05) is 29.8 Å². The third-order valence-corrected chi connectivity index (χ3v) is 5.67. The summed E-state index contributed by atoms with van der Waals surface area (Å²) in [6.45, 7) is 1.74. The maximum atomic E-state index is 14.0. The van der Waals surface area contributed by atoms with E-state index < -0.39 is 23.7 Å². The number of carboxylic acid groups (broad SMARTS) is 1. The van der Waals surface area contributed by atoms with Crippen LogP contribution in [0.15, 0.2) is 54.6 Å². The minimum Gasteiger partial charge on any atom is -0.493 e. The molecule has 0 radical (unpaired) electrons. The van der Waals surface area contributed by atoms with Gasteiger partial charge < -0.3 is 25.2 Å². The number of hydrogen-bond acceptors (Lipinski definition) is 6. The Morgan fingerprint density at radius 2 is 2.00 bits per heavy atom. The third kappa shape index (κ3) is 6.19. The Balaban J connectivity index is 1.31. The molecule has 1 aliphatic rings. The highest BCUT2D eigenvalue weighted by atomic mass is 35.5. The number of aliphatic carboxylic acids is 1. The number of amides is 1. The lowest BCUT2D eigenvalue weighted by molar-refractivity contribution is -0.139. The summed E-state index contributed by atoms with van der Waals surface area (Å²) in [6, 6.07) is 13.2. The molecule has 4 rings (SSSR count). The smallest absolute Gasteiger partial charge is 0.326 e. The number of anilines is 1. The van der Waals surface area contributed by atoms with E-state index >= 15 is 0 Å². The molecular formula is C25H23ClFN3O5. The minimum absolute atomic E-state index is 0.00153. The molecule has 1 atom stereocenters. The van der Waals surface area contributed by atoms with Gasteiger partial charge >= 0.3 is 5.97 Å². The molecule has 10 heteroatoms. The van der Waals surface area contributed by atoms with Crippen molar-refractivity contribution in [2.75, 3.05) is 25.1 Å². The van der Waals surface area contributed by atoms with Crippen LogP contribution >= 0.6 is 11.6 Å².